The van der Waals surface area contributed by atoms with Gasteiger partial charge in [0.1, 0.15) is 5.76 Å². The number of amides is 2. The van der Waals surface area contributed by atoms with E-state index in [9.17, 15) is 9.59 Å². The number of furan rings is 1. The van der Waals surface area contributed by atoms with Crippen LogP contribution in [0.15, 0.2) is 22.8 Å². The summed E-state index contributed by atoms with van der Waals surface area (Å²) in [6, 6.07) is 3.50. The minimum absolute atomic E-state index is 0.101. The average molecular weight is 367 g/mol. The Bertz CT molecular complexity index is 566. The smallest absolute Gasteiger partial charge is 0.309 e. The lowest BCUT2D eigenvalue weighted by molar-refractivity contribution is -0.140. The summed E-state index contributed by atoms with van der Waals surface area (Å²) >= 11 is 1.96. The van der Waals surface area contributed by atoms with Crippen LogP contribution >= 0.6 is 11.8 Å². The van der Waals surface area contributed by atoms with Crippen molar-refractivity contribution in [3.05, 3.63) is 24.2 Å². The molecule has 7 nitrogen and oxygen atoms in total. The zero-order valence-electron chi connectivity index (χ0n) is 14.3. The molecule has 2 N–H and O–H groups in total. The number of hydrogen-bond acceptors (Lipinski definition) is 6. The van der Waals surface area contributed by atoms with Gasteiger partial charge in [0.2, 0.25) is 0 Å². The summed E-state index contributed by atoms with van der Waals surface area (Å²) in [5, 5.41) is 5.41. The van der Waals surface area contributed by atoms with E-state index in [2.05, 4.69) is 15.5 Å². The fourth-order valence-corrected chi connectivity index (χ4v) is 4.28. The first-order chi connectivity index (χ1) is 12.2. The van der Waals surface area contributed by atoms with E-state index in [1.807, 2.05) is 11.8 Å². The topological polar surface area (TPSA) is 83.8 Å². The third-order valence-electron chi connectivity index (χ3n) is 4.89. The van der Waals surface area contributed by atoms with Crippen LogP contribution in [-0.2, 0) is 20.9 Å². The van der Waals surface area contributed by atoms with Gasteiger partial charge in [-0.05, 0) is 25.0 Å². The van der Waals surface area contributed by atoms with Crippen LogP contribution in [0.25, 0.3) is 0 Å². The first-order valence-corrected chi connectivity index (χ1v) is 9.84. The normalized spacial score (nSPS) is 20.8. The molecule has 0 atom stereocenters. The largest absolute Gasteiger partial charge is 0.467 e. The van der Waals surface area contributed by atoms with E-state index in [1.165, 1.54) is 6.26 Å². The fraction of sp³-hybridized carbons (Fsp3) is 0.647. The Kier molecular flexibility index (Phi) is 6.39. The van der Waals surface area contributed by atoms with Crippen molar-refractivity contribution in [3.8, 4) is 0 Å². The van der Waals surface area contributed by atoms with E-state index in [4.69, 9.17) is 9.15 Å². The Labute approximate surface area is 151 Å². The molecular weight excluding hydrogens is 342 g/mol. The van der Waals surface area contributed by atoms with Crippen LogP contribution in [0.4, 0.5) is 0 Å². The van der Waals surface area contributed by atoms with Crippen LogP contribution in [0.3, 0.4) is 0 Å². The summed E-state index contributed by atoms with van der Waals surface area (Å²) in [5.41, 5.74) is -0.101. The van der Waals surface area contributed by atoms with Gasteiger partial charge in [-0.1, -0.05) is 0 Å². The molecule has 25 heavy (non-hydrogen) atoms. The van der Waals surface area contributed by atoms with Gasteiger partial charge in [-0.15, -0.1) is 0 Å². The molecule has 0 saturated carbocycles. The molecule has 1 aromatic rings. The molecule has 8 heteroatoms. The van der Waals surface area contributed by atoms with Gasteiger partial charge in [-0.3, -0.25) is 14.5 Å². The van der Waals surface area contributed by atoms with Crippen molar-refractivity contribution in [2.24, 2.45) is 0 Å². The molecule has 0 spiro atoms. The van der Waals surface area contributed by atoms with Gasteiger partial charge in [0.05, 0.1) is 12.8 Å². The Morgan fingerprint density at radius 1 is 1.16 bits per heavy atom. The lowest BCUT2D eigenvalue weighted by Gasteiger charge is -2.47. The van der Waals surface area contributed by atoms with Crippen LogP contribution in [0.1, 0.15) is 18.6 Å². The van der Waals surface area contributed by atoms with Crippen LogP contribution in [-0.4, -0.2) is 66.6 Å². The average Bonchev–Trinajstić information content (AvgIpc) is 3.19. The van der Waals surface area contributed by atoms with Crippen molar-refractivity contribution in [2.75, 3.05) is 44.4 Å². The predicted molar refractivity (Wildman–Crippen MR) is 95.2 cm³/mol. The Balaban J connectivity index is 1.52. The maximum Gasteiger partial charge on any atom is 0.309 e. The van der Waals surface area contributed by atoms with Crippen molar-refractivity contribution >= 4 is 23.6 Å². The maximum atomic E-state index is 12.2. The van der Waals surface area contributed by atoms with Crippen molar-refractivity contribution in [3.63, 3.8) is 0 Å². The molecule has 2 aliphatic rings. The van der Waals surface area contributed by atoms with Gasteiger partial charge >= 0.3 is 11.8 Å². The van der Waals surface area contributed by atoms with Gasteiger partial charge in [-0.25, -0.2) is 0 Å². The van der Waals surface area contributed by atoms with Crippen LogP contribution in [0.5, 0.6) is 0 Å². The van der Waals surface area contributed by atoms with Crippen molar-refractivity contribution < 1.29 is 18.7 Å². The van der Waals surface area contributed by atoms with E-state index in [-0.39, 0.29) is 12.1 Å². The Hall–Kier alpha value is -1.51. The highest BCUT2D eigenvalue weighted by Crippen LogP contribution is 2.29. The molecule has 138 valence electrons. The molecule has 3 rings (SSSR count). The second kappa shape index (κ2) is 8.73. The third-order valence-corrected chi connectivity index (χ3v) is 5.84. The van der Waals surface area contributed by atoms with Crippen molar-refractivity contribution in [1.82, 2.24) is 15.5 Å². The first kappa shape index (κ1) is 18.3. The molecule has 0 radical (unpaired) electrons. The summed E-state index contributed by atoms with van der Waals surface area (Å²) in [5.74, 6) is 1.62. The summed E-state index contributed by atoms with van der Waals surface area (Å²) < 4.78 is 10.7. The SMILES string of the molecule is O=C(NCc1ccco1)C(=O)NCC1(N2CCSCC2)CCOCC1. The van der Waals surface area contributed by atoms with Crippen molar-refractivity contribution in [2.45, 2.75) is 24.9 Å². The number of nitrogens with zero attached hydrogens (tertiary/aromatic N) is 1. The number of hydrogen-bond donors (Lipinski definition) is 2. The van der Waals surface area contributed by atoms with E-state index in [0.717, 1.165) is 37.4 Å². The zero-order chi connectivity index (χ0) is 17.5. The second-order valence-electron chi connectivity index (χ2n) is 6.38. The molecule has 0 aromatic carbocycles. The number of carbonyl (C=O) groups is 2. The van der Waals surface area contributed by atoms with Gasteiger partial charge in [-0.2, -0.15) is 11.8 Å². The summed E-state index contributed by atoms with van der Waals surface area (Å²) in [4.78, 5) is 26.6. The van der Waals surface area contributed by atoms with E-state index < -0.39 is 11.8 Å². The van der Waals surface area contributed by atoms with E-state index >= 15 is 0 Å². The Morgan fingerprint density at radius 2 is 1.88 bits per heavy atom. The Morgan fingerprint density at radius 3 is 2.56 bits per heavy atom. The van der Waals surface area contributed by atoms with Crippen LogP contribution in [0.2, 0.25) is 0 Å². The molecule has 0 aliphatic carbocycles. The minimum atomic E-state index is -0.632. The zero-order valence-corrected chi connectivity index (χ0v) is 15.1. The van der Waals surface area contributed by atoms with Crippen LogP contribution < -0.4 is 10.6 Å². The van der Waals surface area contributed by atoms with Gasteiger partial charge in [0.15, 0.2) is 0 Å². The lowest BCUT2D eigenvalue weighted by atomic mass is 9.87. The molecule has 0 unspecified atom stereocenters. The molecule has 1 aromatic heterocycles. The predicted octanol–water partition coefficient (Wildman–Crippen LogP) is 0.610. The van der Waals surface area contributed by atoms with Gasteiger partial charge in [0, 0.05) is 49.9 Å². The standard InChI is InChI=1S/C17H25N3O4S/c21-15(18-12-14-2-1-7-24-14)16(22)19-13-17(3-8-23-9-4-17)20-5-10-25-11-6-20/h1-2,7H,3-6,8-13H2,(H,18,21)(H,19,22). The summed E-state index contributed by atoms with van der Waals surface area (Å²) in [7, 11) is 0. The van der Waals surface area contributed by atoms with Gasteiger partial charge < -0.3 is 19.8 Å². The third kappa shape index (κ3) is 4.77. The van der Waals surface area contributed by atoms with E-state index in [1.54, 1.807) is 12.1 Å². The lowest BCUT2D eigenvalue weighted by Crippen LogP contribution is -2.61. The number of ether oxygens (including phenoxy) is 1. The first-order valence-electron chi connectivity index (χ1n) is 8.69. The molecule has 2 amide bonds. The summed E-state index contributed by atoms with van der Waals surface area (Å²) in [6.07, 6.45) is 3.30. The quantitative estimate of drug-likeness (QED) is 0.742. The highest BCUT2D eigenvalue weighted by atomic mass is 32.2. The highest BCUT2D eigenvalue weighted by molar-refractivity contribution is 7.99. The highest BCUT2D eigenvalue weighted by Gasteiger charge is 2.39. The fourth-order valence-electron chi connectivity index (χ4n) is 3.38. The van der Waals surface area contributed by atoms with Crippen molar-refractivity contribution in [1.29, 1.82) is 0 Å². The summed E-state index contributed by atoms with van der Waals surface area (Å²) in [6.45, 7) is 4.13. The molecule has 0 bridgehead atoms. The van der Waals surface area contributed by atoms with Gasteiger partial charge in [0.25, 0.3) is 0 Å². The minimum Gasteiger partial charge on any atom is -0.467 e. The number of thioether (sulfide) groups is 1. The number of rotatable bonds is 5. The monoisotopic (exact) mass is 367 g/mol. The molecule has 2 saturated heterocycles. The molecule has 2 aliphatic heterocycles. The maximum absolute atomic E-state index is 12.2. The molecule has 3 heterocycles. The number of nitrogens with one attached hydrogen (secondary N) is 2. The number of carbonyl (C=O) groups excluding carboxylic acids is 2. The van der Waals surface area contributed by atoms with E-state index in [0.29, 0.717) is 25.5 Å². The molecule has 2 fully saturated rings. The second-order valence-corrected chi connectivity index (χ2v) is 7.61. The van der Waals surface area contributed by atoms with Crippen LogP contribution in [0, 0.1) is 0 Å². The molecular formula is C17H25N3O4S.